The van der Waals surface area contributed by atoms with Crippen LogP contribution in [0.5, 0.6) is 0 Å². The molecule has 2 unspecified atom stereocenters. The van der Waals surface area contributed by atoms with Gasteiger partial charge in [-0.2, -0.15) is 0 Å². The van der Waals surface area contributed by atoms with Crippen molar-refractivity contribution in [2.45, 2.75) is 56.8 Å². The fourth-order valence-electron chi connectivity index (χ4n) is 4.97. The molecule has 0 aliphatic carbocycles. The molecule has 0 bridgehead atoms. The number of ether oxygens (including phenoxy) is 1. The molecule has 0 aromatic heterocycles. The summed E-state index contributed by atoms with van der Waals surface area (Å²) in [7, 11) is 0. The van der Waals surface area contributed by atoms with Gasteiger partial charge >= 0.3 is 0 Å². The standard InChI is InChI=1S/C28H34N4O5/c1-2-37-25(17-33)22(16-20-12-13-29-26(20)34)31-27(35)23(14-18-8-4-3-5-9-18)32-28(36)24-15-19-10-6-7-11-21(19)30-24/h3-11,17,20,22-25,30H,2,12-16H2,1H3,(H,29,34)(H,31,35)(H,32,36)/t20?,22-,23-,24?,25+/m0/s1. The number of carbonyl (C=O) groups is 4. The zero-order valence-corrected chi connectivity index (χ0v) is 20.9. The number of para-hydroxylation sites is 1. The number of amides is 3. The van der Waals surface area contributed by atoms with E-state index in [1.54, 1.807) is 6.92 Å². The maximum absolute atomic E-state index is 13.6. The Balaban J connectivity index is 1.50. The van der Waals surface area contributed by atoms with Gasteiger partial charge in [0, 0.05) is 37.6 Å². The van der Waals surface area contributed by atoms with Gasteiger partial charge in [0.05, 0.1) is 6.04 Å². The fourth-order valence-corrected chi connectivity index (χ4v) is 4.97. The van der Waals surface area contributed by atoms with Gasteiger partial charge in [0.25, 0.3) is 0 Å². The maximum Gasteiger partial charge on any atom is 0.243 e. The summed E-state index contributed by atoms with van der Waals surface area (Å²) in [6.45, 7) is 2.61. The van der Waals surface area contributed by atoms with E-state index in [2.05, 4.69) is 21.3 Å². The zero-order chi connectivity index (χ0) is 26.2. The summed E-state index contributed by atoms with van der Waals surface area (Å²) in [4.78, 5) is 50.9. The van der Waals surface area contributed by atoms with Crippen LogP contribution in [-0.2, 0) is 36.8 Å². The molecule has 4 rings (SSSR count). The van der Waals surface area contributed by atoms with Crippen molar-refractivity contribution in [3.05, 3.63) is 65.7 Å². The number of aldehydes is 1. The highest BCUT2D eigenvalue weighted by Crippen LogP contribution is 2.25. The number of hydrogen-bond donors (Lipinski definition) is 4. The van der Waals surface area contributed by atoms with Crippen molar-refractivity contribution in [2.75, 3.05) is 18.5 Å². The van der Waals surface area contributed by atoms with Gasteiger partial charge in [0.2, 0.25) is 17.7 Å². The van der Waals surface area contributed by atoms with E-state index in [0.717, 1.165) is 16.8 Å². The predicted octanol–water partition coefficient (Wildman–Crippen LogP) is 1.37. The number of carbonyl (C=O) groups excluding carboxylic acids is 4. The molecule has 0 spiro atoms. The van der Waals surface area contributed by atoms with E-state index in [1.807, 2.05) is 54.6 Å². The molecule has 1 fully saturated rings. The summed E-state index contributed by atoms with van der Waals surface area (Å²) >= 11 is 0. The van der Waals surface area contributed by atoms with Crippen LogP contribution in [0.3, 0.4) is 0 Å². The molecule has 2 aliphatic heterocycles. The Hall–Kier alpha value is -3.72. The van der Waals surface area contributed by atoms with E-state index < -0.39 is 30.1 Å². The number of benzene rings is 2. The van der Waals surface area contributed by atoms with Crippen LogP contribution in [0.2, 0.25) is 0 Å². The number of nitrogens with one attached hydrogen (secondary N) is 4. The lowest BCUT2D eigenvalue weighted by Crippen LogP contribution is -2.56. The molecule has 2 aromatic carbocycles. The molecule has 5 atom stereocenters. The minimum atomic E-state index is -0.901. The highest BCUT2D eigenvalue weighted by Gasteiger charge is 2.35. The molecule has 1 saturated heterocycles. The summed E-state index contributed by atoms with van der Waals surface area (Å²) in [5.74, 6) is -1.13. The van der Waals surface area contributed by atoms with E-state index in [9.17, 15) is 19.2 Å². The normalized spacial score (nSPS) is 20.6. The first-order valence-corrected chi connectivity index (χ1v) is 12.8. The van der Waals surface area contributed by atoms with E-state index >= 15 is 0 Å². The Labute approximate surface area is 216 Å². The second-order valence-electron chi connectivity index (χ2n) is 9.49. The van der Waals surface area contributed by atoms with Gasteiger partial charge in [-0.1, -0.05) is 48.5 Å². The van der Waals surface area contributed by atoms with Crippen LogP contribution in [0.15, 0.2) is 54.6 Å². The van der Waals surface area contributed by atoms with Crippen LogP contribution in [0, 0.1) is 5.92 Å². The first-order chi connectivity index (χ1) is 18.0. The monoisotopic (exact) mass is 506 g/mol. The van der Waals surface area contributed by atoms with Crippen molar-refractivity contribution >= 4 is 29.7 Å². The maximum atomic E-state index is 13.6. The number of anilines is 1. The van der Waals surface area contributed by atoms with Gasteiger partial charge in [-0.15, -0.1) is 0 Å². The van der Waals surface area contributed by atoms with Crippen molar-refractivity contribution in [1.29, 1.82) is 0 Å². The molecule has 0 saturated carbocycles. The van der Waals surface area contributed by atoms with E-state index in [0.29, 0.717) is 25.7 Å². The smallest absolute Gasteiger partial charge is 0.243 e. The Kier molecular flexibility index (Phi) is 8.90. The lowest BCUT2D eigenvalue weighted by atomic mass is 9.94. The largest absolute Gasteiger partial charge is 0.373 e. The molecule has 2 aromatic rings. The first kappa shape index (κ1) is 26.3. The third-order valence-electron chi connectivity index (χ3n) is 6.92. The van der Waals surface area contributed by atoms with Crippen LogP contribution in [0.1, 0.15) is 30.9 Å². The van der Waals surface area contributed by atoms with Gasteiger partial charge in [0.15, 0.2) is 6.29 Å². The summed E-state index contributed by atoms with van der Waals surface area (Å²) in [5, 5.41) is 11.9. The molecule has 3 amide bonds. The quantitative estimate of drug-likeness (QED) is 0.322. The lowest BCUT2D eigenvalue weighted by molar-refractivity contribution is -0.132. The number of fused-ring (bicyclic) bond motifs is 1. The third-order valence-corrected chi connectivity index (χ3v) is 6.92. The van der Waals surface area contributed by atoms with Gasteiger partial charge in [-0.3, -0.25) is 14.4 Å². The van der Waals surface area contributed by atoms with Crippen LogP contribution in [0.25, 0.3) is 0 Å². The molecule has 37 heavy (non-hydrogen) atoms. The predicted molar refractivity (Wildman–Crippen MR) is 139 cm³/mol. The molecule has 0 radical (unpaired) electrons. The highest BCUT2D eigenvalue weighted by molar-refractivity contribution is 5.93. The summed E-state index contributed by atoms with van der Waals surface area (Å²) in [6, 6.07) is 15.1. The zero-order valence-electron chi connectivity index (χ0n) is 20.9. The van der Waals surface area contributed by atoms with Crippen LogP contribution in [-0.4, -0.2) is 61.4 Å². The first-order valence-electron chi connectivity index (χ1n) is 12.8. The van der Waals surface area contributed by atoms with Gasteiger partial charge < -0.3 is 30.8 Å². The molecule has 4 N–H and O–H groups in total. The minimum absolute atomic E-state index is 0.0959. The Bertz CT molecular complexity index is 1080. The molecule has 196 valence electrons. The van der Waals surface area contributed by atoms with Gasteiger partial charge in [0.1, 0.15) is 18.2 Å². The average Bonchev–Trinajstić information content (AvgIpc) is 3.53. The van der Waals surface area contributed by atoms with E-state index in [4.69, 9.17) is 4.74 Å². The van der Waals surface area contributed by atoms with E-state index in [1.165, 1.54) is 0 Å². The van der Waals surface area contributed by atoms with Crippen LogP contribution < -0.4 is 21.3 Å². The fraction of sp³-hybridized carbons (Fsp3) is 0.429. The third kappa shape index (κ3) is 6.74. The van der Waals surface area contributed by atoms with Gasteiger partial charge in [-0.25, -0.2) is 0 Å². The second-order valence-corrected chi connectivity index (χ2v) is 9.49. The Morgan fingerprint density at radius 2 is 1.86 bits per heavy atom. The Morgan fingerprint density at radius 1 is 1.11 bits per heavy atom. The van der Waals surface area contributed by atoms with Crippen molar-refractivity contribution < 1.29 is 23.9 Å². The lowest BCUT2D eigenvalue weighted by Gasteiger charge is -2.28. The van der Waals surface area contributed by atoms with E-state index in [-0.39, 0.29) is 37.2 Å². The average molecular weight is 507 g/mol. The molecule has 2 heterocycles. The summed E-state index contributed by atoms with van der Waals surface area (Å²) in [6.07, 6.45) is 1.45. The minimum Gasteiger partial charge on any atom is -0.373 e. The summed E-state index contributed by atoms with van der Waals surface area (Å²) in [5.41, 5.74) is 2.84. The number of hydrogen-bond acceptors (Lipinski definition) is 6. The molecule has 2 aliphatic rings. The molecular weight excluding hydrogens is 472 g/mol. The van der Waals surface area contributed by atoms with Crippen molar-refractivity contribution in [2.24, 2.45) is 5.92 Å². The topological polar surface area (TPSA) is 126 Å². The number of rotatable bonds is 12. The van der Waals surface area contributed by atoms with Crippen molar-refractivity contribution in [3.8, 4) is 0 Å². The van der Waals surface area contributed by atoms with Crippen LogP contribution in [0.4, 0.5) is 5.69 Å². The molecule has 9 nitrogen and oxygen atoms in total. The SMILES string of the molecule is CCO[C@H](C=O)[C@H](CC1CCNC1=O)NC(=O)[C@H](Cc1ccccc1)NC(=O)C1Cc2ccccc2N1. The summed E-state index contributed by atoms with van der Waals surface area (Å²) < 4.78 is 5.58. The Morgan fingerprint density at radius 3 is 2.54 bits per heavy atom. The molecule has 9 heteroatoms. The van der Waals surface area contributed by atoms with Crippen molar-refractivity contribution in [3.63, 3.8) is 0 Å². The van der Waals surface area contributed by atoms with Crippen LogP contribution >= 0.6 is 0 Å². The highest BCUT2D eigenvalue weighted by atomic mass is 16.5. The van der Waals surface area contributed by atoms with Crippen molar-refractivity contribution in [1.82, 2.24) is 16.0 Å². The molecular formula is C28H34N4O5. The second kappa shape index (κ2) is 12.5. The van der Waals surface area contributed by atoms with Gasteiger partial charge in [-0.05, 0) is 37.0 Å².